The predicted molar refractivity (Wildman–Crippen MR) is 168 cm³/mol. The van der Waals surface area contributed by atoms with E-state index in [-0.39, 0.29) is 18.2 Å². The van der Waals surface area contributed by atoms with Gasteiger partial charge in [0, 0.05) is 58.2 Å². The zero-order valence-corrected chi connectivity index (χ0v) is 27.1. The minimum atomic E-state index is -0.574. The molecule has 1 aromatic carbocycles. The van der Waals surface area contributed by atoms with E-state index in [4.69, 9.17) is 22.3 Å². The molecule has 2 aromatic heterocycles. The van der Waals surface area contributed by atoms with Crippen molar-refractivity contribution in [3.8, 4) is 5.00 Å². The van der Waals surface area contributed by atoms with Crippen molar-refractivity contribution in [1.29, 1.82) is 0 Å². The summed E-state index contributed by atoms with van der Waals surface area (Å²) in [6.07, 6.45) is 0.737. The Balaban J connectivity index is 1.41. The Labute approximate surface area is 256 Å². The Morgan fingerprint density at radius 3 is 2.24 bits per heavy atom. The van der Waals surface area contributed by atoms with Gasteiger partial charge in [-0.1, -0.05) is 37.6 Å². The fourth-order valence-corrected chi connectivity index (χ4v) is 7.57. The molecule has 0 spiro atoms. The molecule has 9 nitrogen and oxygen atoms in total. The van der Waals surface area contributed by atoms with Gasteiger partial charge in [-0.25, -0.2) is 0 Å². The molecule has 2 aliphatic heterocycles. The first-order chi connectivity index (χ1) is 19.7. The third-order valence-corrected chi connectivity index (χ3v) is 9.57. The van der Waals surface area contributed by atoms with Crippen LogP contribution in [0.2, 0.25) is 5.02 Å². The minimum absolute atomic E-state index is 0.0148. The van der Waals surface area contributed by atoms with Gasteiger partial charge < -0.3 is 15.5 Å². The van der Waals surface area contributed by atoms with Crippen molar-refractivity contribution >= 4 is 40.5 Å². The Morgan fingerprint density at radius 1 is 1.00 bits per heavy atom. The van der Waals surface area contributed by atoms with Crippen molar-refractivity contribution < 1.29 is 9.59 Å². The van der Waals surface area contributed by atoms with E-state index in [1.165, 1.54) is 4.88 Å². The maximum absolute atomic E-state index is 13.7. The van der Waals surface area contributed by atoms with Gasteiger partial charge >= 0.3 is 0 Å². The summed E-state index contributed by atoms with van der Waals surface area (Å²) in [6, 6.07) is 7.15. The Kier molecular flexibility index (Phi) is 8.10. The topological polar surface area (TPSA) is 110 Å². The molecular formula is C31H40ClN7O2S. The van der Waals surface area contributed by atoms with Crippen LogP contribution in [0.1, 0.15) is 79.8 Å². The van der Waals surface area contributed by atoms with Gasteiger partial charge in [0.2, 0.25) is 11.8 Å². The van der Waals surface area contributed by atoms with Gasteiger partial charge in [-0.15, -0.1) is 21.5 Å². The van der Waals surface area contributed by atoms with Crippen LogP contribution >= 0.6 is 22.9 Å². The first kappa shape index (κ1) is 30.4. The lowest BCUT2D eigenvalue weighted by Crippen LogP contribution is -2.54. The van der Waals surface area contributed by atoms with Crippen LogP contribution in [0.5, 0.6) is 0 Å². The maximum atomic E-state index is 13.7. The number of benzene rings is 1. The number of piperazine rings is 1. The van der Waals surface area contributed by atoms with E-state index in [1.807, 2.05) is 68.7 Å². The second kappa shape index (κ2) is 11.2. The molecule has 3 aromatic rings. The van der Waals surface area contributed by atoms with E-state index >= 15 is 0 Å². The SMILES string of the molecule is Cc1sc2c(c1C)C(c1ccc(Cl)cc1)=NC(CC(=O)N1CCN(C(=O)C(C)(C)CC(C)(C)N)CC1)c1nnc(C)n1-2. The molecule has 11 heteroatoms. The number of carbonyl (C=O) groups is 2. The van der Waals surface area contributed by atoms with E-state index in [2.05, 4.69) is 28.6 Å². The first-order valence-electron chi connectivity index (χ1n) is 14.4. The summed E-state index contributed by atoms with van der Waals surface area (Å²) in [4.78, 5) is 37.2. The lowest BCUT2D eigenvalue weighted by molar-refractivity contribution is -0.146. The summed E-state index contributed by atoms with van der Waals surface area (Å²) in [5, 5.41) is 10.6. The molecule has 0 bridgehead atoms. The molecule has 2 aliphatic rings. The summed E-state index contributed by atoms with van der Waals surface area (Å²) in [5.74, 6) is 1.48. The van der Waals surface area contributed by atoms with Crippen LogP contribution in [0.4, 0.5) is 0 Å². The average Bonchev–Trinajstić information content (AvgIpc) is 3.39. The Bertz CT molecular complexity index is 1540. The molecular weight excluding hydrogens is 570 g/mol. The molecule has 1 unspecified atom stereocenters. The summed E-state index contributed by atoms with van der Waals surface area (Å²) in [7, 11) is 0. The highest BCUT2D eigenvalue weighted by atomic mass is 35.5. The zero-order valence-electron chi connectivity index (χ0n) is 25.5. The molecule has 0 aliphatic carbocycles. The highest BCUT2D eigenvalue weighted by Crippen LogP contribution is 2.40. The van der Waals surface area contributed by atoms with E-state index < -0.39 is 17.0 Å². The van der Waals surface area contributed by atoms with Crippen molar-refractivity contribution in [2.45, 2.75) is 72.9 Å². The number of aromatic nitrogens is 3. The number of aliphatic imine (C=N–C) groups is 1. The largest absolute Gasteiger partial charge is 0.339 e. The highest BCUT2D eigenvalue weighted by molar-refractivity contribution is 7.15. The third-order valence-electron chi connectivity index (χ3n) is 8.12. The standard InChI is InChI=1S/C31H40ClN7O2S/c1-18-19(2)42-28-25(18)26(21-8-10-22(32)11-9-21)34-23(27-36-35-20(3)39(27)28)16-24(40)37-12-14-38(15-13-37)29(41)30(4,5)17-31(6,7)33/h8-11,23H,12-17,33H2,1-7H3. The number of nitrogens with two attached hydrogens (primary N) is 1. The molecule has 2 N–H and O–H groups in total. The number of halogens is 1. The number of amides is 2. The molecule has 4 heterocycles. The van der Waals surface area contributed by atoms with Gasteiger partial charge in [0.1, 0.15) is 16.9 Å². The van der Waals surface area contributed by atoms with Gasteiger partial charge in [0.05, 0.1) is 12.1 Å². The van der Waals surface area contributed by atoms with Gasteiger partial charge in [0.25, 0.3) is 0 Å². The van der Waals surface area contributed by atoms with Crippen LogP contribution in [0.25, 0.3) is 5.00 Å². The fourth-order valence-electron chi connectivity index (χ4n) is 6.23. The fraction of sp³-hybridized carbons (Fsp3) is 0.516. The van der Waals surface area contributed by atoms with E-state index in [9.17, 15) is 9.59 Å². The number of rotatable bonds is 6. The normalized spacial score (nSPS) is 17.5. The van der Waals surface area contributed by atoms with Crippen molar-refractivity contribution in [3.05, 3.63) is 62.5 Å². The third kappa shape index (κ3) is 5.89. The van der Waals surface area contributed by atoms with Crippen LogP contribution in [0.3, 0.4) is 0 Å². The Morgan fingerprint density at radius 2 is 1.62 bits per heavy atom. The van der Waals surface area contributed by atoms with Crippen molar-refractivity contribution in [1.82, 2.24) is 24.6 Å². The van der Waals surface area contributed by atoms with Gasteiger partial charge in [-0.2, -0.15) is 0 Å². The summed E-state index contributed by atoms with van der Waals surface area (Å²) >= 11 is 7.91. The number of aryl methyl sites for hydroxylation is 2. The molecule has 42 heavy (non-hydrogen) atoms. The minimum Gasteiger partial charge on any atom is -0.339 e. The number of thiophene rings is 1. The smallest absolute Gasteiger partial charge is 0.228 e. The van der Waals surface area contributed by atoms with E-state index in [0.717, 1.165) is 33.2 Å². The van der Waals surface area contributed by atoms with Gasteiger partial charge in [-0.3, -0.25) is 19.1 Å². The molecule has 0 saturated carbocycles. The number of hydrogen-bond acceptors (Lipinski definition) is 7. The lowest BCUT2D eigenvalue weighted by Gasteiger charge is -2.40. The average molecular weight is 610 g/mol. The van der Waals surface area contributed by atoms with Crippen LogP contribution in [0.15, 0.2) is 29.3 Å². The number of nitrogens with zero attached hydrogens (tertiary/aromatic N) is 6. The maximum Gasteiger partial charge on any atom is 0.228 e. The number of hydrogen-bond donors (Lipinski definition) is 1. The first-order valence-corrected chi connectivity index (χ1v) is 15.6. The number of carbonyl (C=O) groups excluding carboxylic acids is 2. The molecule has 1 saturated heterocycles. The summed E-state index contributed by atoms with van der Waals surface area (Å²) < 4.78 is 2.06. The second-order valence-electron chi connectivity index (χ2n) is 12.8. The second-order valence-corrected chi connectivity index (χ2v) is 14.5. The molecule has 1 atom stereocenters. The molecule has 0 radical (unpaired) electrons. The van der Waals surface area contributed by atoms with E-state index in [1.54, 1.807) is 11.3 Å². The Hall–Kier alpha value is -3.08. The van der Waals surface area contributed by atoms with Crippen LogP contribution in [-0.2, 0) is 9.59 Å². The predicted octanol–water partition coefficient (Wildman–Crippen LogP) is 5.01. The monoisotopic (exact) mass is 609 g/mol. The van der Waals surface area contributed by atoms with Crippen LogP contribution in [-0.4, -0.2) is 73.8 Å². The summed E-state index contributed by atoms with van der Waals surface area (Å²) in [5.41, 5.74) is 9.16. The quantitative estimate of drug-likeness (QED) is 0.422. The molecule has 1 fully saturated rings. The van der Waals surface area contributed by atoms with Crippen molar-refractivity contribution in [2.24, 2.45) is 16.1 Å². The summed E-state index contributed by atoms with van der Waals surface area (Å²) in [6.45, 7) is 15.9. The van der Waals surface area contributed by atoms with Crippen LogP contribution < -0.4 is 5.73 Å². The zero-order chi connectivity index (χ0) is 30.6. The number of fused-ring (bicyclic) bond motifs is 3. The van der Waals surface area contributed by atoms with Gasteiger partial charge in [-0.05, 0) is 58.7 Å². The lowest BCUT2D eigenvalue weighted by atomic mass is 9.79. The van der Waals surface area contributed by atoms with Crippen LogP contribution in [0, 0.1) is 26.2 Å². The highest BCUT2D eigenvalue weighted by Gasteiger charge is 2.38. The van der Waals surface area contributed by atoms with Crippen molar-refractivity contribution in [2.75, 3.05) is 26.2 Å². The van der Waals surface area contributed by atoms with Crippen molar-refractivity contribution in [3.63, 3.8) is 0 Å². The van der Waals surface area contributed by atoms with Gasteiger partial charge in [0.15, 0.2) is 5.82 Å². The molecule has 2 amide bonds. The van der Waals surface area contributed by atoms with E-state index in [0.29, 0.717) is 43.4 Å². The molecule has 224 valence electrons. The molecule has 5 rings (SSSR count).